The summed E-state index contributed by atoms with van der Waals surface area (Å²) in [7, 11) is 1.68. The van der Waals surface area contributed by atoms with Crippen LogP contribution >= 0.6 is 0 Å². The lowest BCUT2D eigenvalue weighted by Gasteiger charge is -2.15. The SMILES string of the molecule is CCN(C)C(=O)CNC(=O)Nc1cccc(N)c1. The Bertz CT molecular complexity index is 434. The molecule has 0 aromatic heterocycles. The van der Waals surface area contributed by atoms with Crippen molar-refractivity contribution >= 4 is 23.3 Å². The predicted molar refractivity (Wildman–Crippen MR) is 71.2 cm³/mol. The lowest BCUT2D eigenvalue weighted by atomic mass is 10.3. The molecule has 18 heavy (non-hydrogen) atoms. The maximum atomic E-state index is 11.5. The number of benzene rings is 1. The standard InChI is InChI=1S/C12H18N4O2/c1-3-16(2)11(17)8-14-12(18)15-10-6-4-5-9(13)7-10/h4-7H,3,8,13H2,1-2H3,(H2,14,15,18). The first kappa shape index (κ1) is 13.8. The average molecular weight is 250 g/mol. The van der Waals surface area contributed by atoms with E-state index in [9.17, 15) is 9.59 Å². The third kappa shape index (κ3) is 4.32. The van der Waals surface area contributed by atoms with Gasteiger partial charge in [-0.1, -0.05) is 6.07 Å². The van der Waals surface area contributed by atoms with Gasteiger partial charge in [-0.2, -0.15) is 0 Å². The van der Waals surface area contributed by atoms with Gasteiger partial charge in [0.1, 0.15) is 0 Å². The summed E-state index contributed by atoms with van der Waals surface area (Å²) in [6.07, 6.45) is 0. The van der Waals surface area contributed by atoms with Crippen molar-refractivity contribution in [2.45, 2.75) is 6.92 Å². The molecule has 0 aliphatic carbocycles. The predicted octanol–water partition coefficient (Wildman–Crippen LogP) is 0.869. The number of carbonyl (C=O) groups excluding carboxylic acids is 2. The number of carbonyl (C=O) groups is 2. The molecule has 0 unspecified atom stereocenters. The Morgan fingerprint density at radius 2 is 2.11 bits per heavy atom. The monoisotopic (exact) mass is 250 g/mol. The molecule has 98 valence electrons. The number of nitrogen functional groups attached to an aromatic ring is 1. The molecule has 0 aliphatic heterocycles. The van der Waals surface area contributed by atoms with Gasteiger partial charge in [-0.05, 0) is 25.1 Å². The Hall–Kier alpha value is -2.24. The summed E-state index contributed by atoms with van der Waals surface area (Å²) >= 11 is 0. The second kappa shape index (κ2) is 6.48. The van der Waals surface area contributed by atoms with E-state index in [0.29, 0.717) is 17.9 Å². The molecular weight excluding hydrogens is 232 g/mol. The van der Waals surface area contributed by atoms with Crippen LogP contribution in [0.25, 0.3) is 0 Å². The molecular formula is C12H18N4O2. The zero-order valence-corrected chi connectivity index (χ0v) is 10.6. The fourth-order valence-electron chi connectivity index (χ4n) is 1.26. The van der Waals surface area contributed by atoms with Crippen LogP contribution in [0.1, 0.15) is 6.92 Å². The van der Waals surface area contributed by atoms with E-state index in [-0.39, 0.29) is 12.5 Å². The molecule has 0 spiro atoms. The van der Waals surface area contributed by atoms with E-state index in [1.165, 1.54) is 4.90 Å². The summed E-state index contributed by atoms with van der Waals surface area (Å²) in [4.78, 5) is 24.5. The van der Waals surface area contributed by atoms with E-state index >= 15 is 0 Å². The maximum absolute atomic E-state index is 11.5. The molecule has 1 rings (SSSR count). The summed E-state index contributed by atoms with van der Waals surface area (Å²) in [5.41, 5.74) is 6.73. The molecule has 0 aliphatic rings. The van der Waals surface area contributed by atoms with Gasteiger partial charge in [-0.3, -0.25) is 4.79 Å². The van der Waals surface area contributed by atoms with Crippen LogP contribution in [0.5, 0.6) is 0 Å². The number of anilines is 2. The van der Waals surface area contributed by atoms with Crippen molar-refractivity contribution < 1.29 is 9.59 Å². The average Bonchev–Trinajstić information content (AvgIpc) is 2.35. The quantitative estimate of drug-likeness (QED) is 0.693. The highest BCUT2D eigenvalue weighted by Gasteiger charge is 2.08. The first-order valence-corrected chi connectivity index (χ1v) is 5.67. The maximum Gasteiger partial charge on any atom is 0.319 e. The van der Waals surface area contributed by atoms with E-state index in [0.717, 1.165) is 0 Å². The molecule has 0 saturated heterocycles. The largest absolute Gasteiger partial charge is 0.399 e. The van der Waals surface area contributed by atoms with Crippen molar-refractivity contribution in [2.24, 2.45) is 0 Å². The van der Waals surface area contributed by atoms with Crippen LogP contribution in [0, 0.1) is 0 Å². The fraction of sp³-hybridized carbons (Fsp3) is 0.333. The first-order chi connectivity index (χ1) is 8.52. The highest BCUT2D eigenvalue weighted by atomic mass is 16.2. The number of likely N-dealkylation sites (N-methyl/N-ethyl adjacent to an activating group) is 1. The molecule has 6 nitrogen and oxygen atoms in total. The second-order valence-corrected chi connectivity index (χ2v) is 3.84. The molecule has 4 N–H and O–H groups in total. The fourth-order valence-corrected chi connectivity index (χ4v) is 1.26. The summed E-state index contributed by atoms with van der Waals surface area (Å²) in [5, 5.41) is 5.08. The van der Waals surface area contributed by atoms with Gasteiger partial charge in [0.25, 0.3) is 0 Å². The summed E-state index contributed by atoms with van der Waals surface area (Å²) in [6.45, 7) is 2.44. The van der Waals surface area contributed by atoms with E-state index < -0.39 is 6.03 Å². The summed E-state index contributed by atoms with van der Waals surface area (Å²) in [5.74, 6) is -0.139. The van der Waals surface area contributed by atoms with Gasteiger partial charge in [0, 0.05) is 25.0 Å². The number of nitrogens with zero attached hydrogens (tertiary/aromatic N) is 1. The zero-order valence-electron chi connectivity index (χ0n) is 10.6. The summed E-state index contributed by atoms with van der Waals surface area (Å²) in [6, 6.07) is 6.39. The van der Waals surface area contributed by atoms with Crippen LogP contribution in [-0.2, 0) is 4.79 Å². The van der Waals surface area contributed by atoms with Crippen molar-refractivity contribution in [2.75, 3.05) is 31.2 Å². The third-order valence-corrected chi connectivity index (χ3v) is 2.44. The van der Waals surface area contributed by atoms with Crippen LogP contribution in [-0.4, -0.2) is 37.0 Å². The van der Waals surface area contributed by atoms with Crippen molar-refractivity contribution in [1.82, 2.24) is 10.2 Å². The van der Waals surface area contributed by atoms with Gasteiger partial charge in [-0.15, -0.1) is 0 Å². The lowest BCUT2D eigenvalue weighted by Crippen LogP contribution is -2.39. The minimum Gasteiger partial charge on any atom is -0.399 e. The van der Waals surface area contributed by atoms with Crippen molar-refractivity contribution in [3.8, 4) is 0 Å². The molecule has 3 amide bonds. The Labute approximate surface area is 106 Å². The highest BCUT2D eigenvalue weighted by molar-refractivity contribution is 5.92. The van der Waals surface area contributed by atoms with Crippen LogP contribution < -0.4 is 16.4 Å². The van der Waals surface area contributed by atoms with Crippen LogP contribution in [0.3, 0.4) is 0 Å². The minimum atomic E-state index is -0.432. The van der Waals surface area contributed by atoms with E-state index in [2.05, 4.69) is 10.6 Å². The lowest BCUT2D eigenvalue weighted by molar-refractivity contribution is -0.128. The van der Waals surface area contributed by atoms with Gasteiger partial charge >= 0.3 is 6.03 Å². The first-order valence-electron chi connectivity index (χ1n) is 5.67. The number of nitrogens with two attached hydrogens (primary N) is 1. The molecule has 6 heteroatoms. The Morgan fingerprint density at radius 1 is 1.39 bits per heavy atom. The normalized spacial score (nSPS) is 9.67. The van der Waals surface area contributed by atoms with Gasteiger partial charge in [0.15, 0.2) is 0 Å². The minimum absolute atomic E-state index is 0.0293. The van der Waals surface area contributed by atoms with Crippen LogP contribution in [0.2, 0.25) is 0 Å². The number of hydrogen-bond acceptors (Lipinski definition) is 3. The molecule has 1 aromatic carbocycles. The van der Waals surface area contributed by atoms with E-state index in [1.807, 2.05) is 6.92 Å². The van der Waals surface area contributed by atoms with E-state index in [4.69, 9.17) is 5.73 Å². The van der Waals surface area contributed by atoms with Crippen molar-refractivity contribution in [3.63, 3.8) is 0 Å². The molecule has 0 atom stereocenters. The molecule has 0 saturated carbocycles. The topological polar surface area (TPSA) is 87.5 Å². The Kier molecular flexibility index (Phi) is 4.98. The summed E-state index contributed by atoms with van der Waals surface area (Å²) < 4.78 is 0. The van der Waals surface area contributed by atoms with Crippen LogP contribution in [0.15, 0.2) is 24.3 Å². The van der Waals surface area contributed by atoms with Gasteiger partial charge in [0.05, 0.1) is 6.54 Å². The number of hydrogen-bond donors (Lipinski definition) is 3. The molecule has 0 heterocycles. The Morgan fingerprint density at radius 3 is 2.72 bits per heavy atom. The number of amides is 3. The zero-order chi connectivity index (χ0) is 13.5. The van der Waals surface area contributed by atoms with Crippen molar-refractivity contribution in [1.29, 1.82) is 0 Å². The third-order valence-electron chi connectivity index (χ3n) is 2.44. The molecule has 0 fully saturated rings. The highest BCUT2D eigenvalue weighted by Crippen LogP contribution is 2.11. The Balaban J connectivity index is 2.41. The van der Waals surface area contributed by atoms with Crippen LogP contribution in [0.4, 0.5) is 16.2 Å². The smallest absolute Gasteiger partial charge is 0.319 e. The van der Waals surface area contributed by atoms with Crippen molar-refractivity contribution in [3.05, 3.63) is 24.3 Å². The van der Waals surface area contributed by atoms with Gasteiger partial charge in [-0.25, -0.2) is 4.79 Å². The van der Waals surface area contributed by atoms with Gasteiger partial charge < -0.3 is 21.3 Å². The number of nitrogens with one attached hydrogen (secondary N) is 2. The van der Waals surface area contributed by atoms with Gasteiger partial charge in [0.2, 0.25) is 5.91 Å². The molecule has 1 aromatic rings. The van der Waals surface area contributed by atoms with E-state index in [1.54, 1.807) is 31.3 Å². The second-order valence-electron chi connectivity index (χ2n) is 3.84. The number of urea groups is 1. The molecule has 0 radical (unpaired) electrons. The molecule has 0 bridgehead atoms. The number of rotatable bonds is 4.